The molecule has 0 radical (unpaired) electrons. The molecule has 2 amide bonds. The lowest BCUT2D eigenvalue weighted by atomic mass is 9.92. The molecule has 2 heterocycles. The van der Waals surface area contributed by atoms with Crippen molar-refractivity contribution in [2.75, 3.05) is 20.3 Å². The van der Waals surface area contributed by atoms with Crippen molar-refractivity contribution in [1.29, 1.82) is 0 Å². The number of aromatic nitrogens is 1. The summed E-state index contributed by atoms with van der Waals surface area (Å²) in [4.78, 5) is 32.1. The largest absolute Gasteiger partial charge is 0.475 e. The molecule has 1 aliphatic rings. The summed E-state index contributed by atoms with van der Waals surface area (Å²) in [6, 6.07) is 11.1. The summed E-state index contributed by atoms with van der Waals surface area (Å²) in [6.07, 6.45) is 2.58. The van der Waals surface area contributed by atoms with Crippen molar-refractivity contribution < 1.29 is 19.1 Å². The number of fused-ring (bicyclic) bond motifs is 1. The lowest BCUT2D eigenvalue weighted by Crippen LogP contribution is -2.52. The summed E-state index contributed by atoms with van der Waals surface area (Å²) in [6.45, 7) is 5.59. The lowest BCUT2D eigenvalue weighted by molar-refractivity contribution is -0.142. The number of hydrogen-bond acceptors (Lipinski definition) is 5. The second kappa shape index (κ2) is 10.9. The maximum atomic E-state index is 13.2. The number of pyridine rings is 1. The number of carbonyl (C=O) groups excluding carboxylic acids is 2. The minimum atomic E-state index is -0.532. The topological polar surface area (TPSA) is 80.8 Å². The van der Waals surface area contributed by atoms with Crippen molar-refractivity contribution in [3.63, 3.8) is 0 Å². The van der Waals surface area contributed by atoms with E-state index in [0.717, 1.165) is 16.7 Å². The van der Waals surface area contributed by atoms with E-state index in [1.54, 1.807) is 24.3 Å². The van der Waals surface area contributed by atoms with Crippen LogP contribution < -0.4 is 10.1 Å². The maximum Gasteiger partial charge on any atom is 0.243 e. The number of benzene rings is 1. The van der Waals surface area contributed by atoms with Crippen LogP contribution in [0.1, 0.15) is 37.0 Å². The Bertz CT molecular complexity index is 900. The van der Waals surface area contributed by atoms with Crippen molar-refractivity contribution in [2.24, 2.45) is 5.92 Å². The molecule has 1 unspecified atom stereocenters. The molecule has 1 aromatic heterocycles. The Kier molecular flexibility index (Phi) is 8.00. The SMILES string of the molecule is COCCOc1ncccc1CNC(=O)C1Cc2ccccc2CN1C(=O)CC(C)C. The van der Waals surface area contributed by atoms with E-state index in [2.05, 4.69) is 10.3 Å². The van der Waals surface area contributed by atoms with E-state index >= 15 is 0 Å². The molecule has 0 fully saturated rings. The number of rotatable bonds is 9. The number of methoxy groups -OCH3 is 1. The molecule has 1 aliphatic heterocycles. The van der Waals surface area contributed by atoms with Crippen LogP contribution in [0, 0.1) is 5.92 Å². The average molecular weight is 426 g/mol. The molecule has 31 heavy (non-hydrogen) atoms. The molecule has 1 N–H and O–H groups in total. The summed E-state index contributed by atoms with van der Waals surface area (Å²) in [5.41, 5.74) is 2.99. The van der Waals surface area contributed by atoms with Gasteiger partial charge in [-0.3, -0.25) is 9.59 Å². The third-order valence-corrected chi connectivity index (χ3v) is 5.28. The first-order valence-electron chi connectivity index (χ1n) is 10.7. The highest BCUT2D eigenvalue weighted by atomic mass is 16.5. The van der Waals surface area contributed by atoms with Crippen molar-refractivity contribution in [1.82, 2.24) is 15.2 Å². The van der Waals surface area contributed by atoms with E-state index in [4.69, 9.17) is 9.47 Å². The molecular formula is C24H31N3O4. The molecule has 0 bridgehead atoms. The van der Waals surface area contributed by atoms with Crippen molar-refractivity contribution >= 4 is 11.8 Å². The first kappa shape index (κ1) is 22.7. The van der Waals surface area contributed by atoms with E-state index < -0.39 is 6.04 Å². The second-order valence-corrected chi connectivity index (χ2v) is 8.13. The predicted octanol–water partition coefficient (Wildman–Crippen LogP) is 2.72. The fourth-order valence-corrected chi connectivity index (χ4v) is 3.70. The van der Waals surface area contributed by atoms with Crippen LogP contribution in [0.25, 0.3) is 0 Å². The minimum Gasteiger partial charge on any atom is -0.475 e. The summed E-state index contributed by atoms with van der Waals surface area (Å²) in [5, 5.41) is 2.98. The summed E-state index contributed by atoms with van der Waals surface area (Å²) in [7, 11) is 1.61. The van der Waals surface area contributed by atoms with Gasteiger partial charge >= 0.3 is 0 Å². The highest BCUT2D eigenvalue weighted by Gasteiger charge is 2.34. The molecule has 0 saturated heterocycles. The first-order chi connectivity index (χ1) is 15.0. The normalized spacial score (nSPS) is 15.5. The number of ether oxygens (including phenoxy) is 2. The number of amides is 2. The summed E-state index contributed by atoms with van der Waals surface area (Å²) in [5.74, 6) is 0.546. The van der Waals surface area contributed by atoms with E-state index in [1.807, 2.05) is 44.2 Å². The van der Waals surface area contributed by atoms with Gasteiger partial charge in [0.2, 0.25) is 17.7 Å². The van der Waals surface area contributed by atoms with Gasteiger partial charge in [-0.25, -0.2) is 4.98 Å². The number of carbonyl (C=O) groups is 2. The molecule has 0 spiro atoms. The predicted molar refractivity (Wildman–Crippen MR) is 117 cm³/mol. The van der Waals surface area contributed by atoms with Gasteiger partial charge in [-0.1, -0.05) is 44.2 Å². The van der Waals surface area contributed by atoms with Gasteiger partial charge in [-0.2, -0.15) is 0 Å². The van der Waals surface area contributed by atoms with E-state index in [1.165, 1.54) is 0 Å². The molecule has 0 saturated carbocycles. The van der Waals surface area contributed by atoms with Gasteiger partial charge in [0.05, 0.1) is 6.61 Å². The Labute approximate surface area is 183 Å². The van der Waals surface area contributed by atoms with E-state index in [9.17, 15) is 9.59 Å². The van der Waals surface area contributed by atoms with Gasteiger partial charge in [-0.15, -0.1) is 0 Å². The van der Waals surface area contributed by atoms with Crippen molar-refractivity contribution in [3.05, 3.63) is 59.3 Å². The van der Waals surface area contributed by atoms with Gasteiger partial charge in [0.25, 0.3) is 0 Å². The highest BCUT2D eigenvalue weighted by molar-refractivity contribution is 5.88. The Morgan fingerprint density at radius 3 is 2.68 bits per heavy atom. The van der Waals surface area contributed by atoms with Crippen LogP contribution >= 0.6 is 0 Å². The van der Waals surface area contributed by atoms with Gasteiger partial charge < -0.3 is 19.7 Å². The summed E-state index contributed by atoms with van der Waals surface area (Å²) < 4.78 is 10.7. The van der Waals surface area contributed by atoms with Crippen LogP contribution in [0.5, 0.6) is 5.88 Å². The molecule has 0 aliphatic carbocycles. The third kappa shape index (κ3) is 6.04. The monoisotopic (exact) mass is 425 g/mol. The van der Waals surface area contributed by atoms with Crippen LogP contribution in [0.2, 0.25) is 0 Å². The fourth-order valence-electron chi connectivity index (χ4n) is 3.70. The van der Waals surface area contributed by atoms with Crippen LogP contribution in [-0.2, 0) is 33.8 Å². The Balaban J connectivity index is 1.72. The van der Waals surface area contributed by atoms with Crippen LogP contribution in [0.3, 0.4) is 0 Å². The molecule has 1 aromatic carbocycles. The zero-order valence-corrected chi connectivity index (χ0v) is 18.5. The average Bonchev–Trinajstić information content (AvgIpc) is 2.77. The van der Waals surface area contributed by atoms with Crippen LogP contribution in [-0.4, -0.2) is 48.1 Å². The lowest BCUT2D eigenvalue weighted by Gasteiger charge is -2.36. The molecule has 2 aromatic rings. The van der Waals surface area contributed by atoms with Gasteiger partial charge in [0.1, 0.15) is 12.6 Å². The van der Waals surface area contributed by atoms with E-state index in [0.29, 0.717) is 38.5 Å². The maximum absolute atomic E-state index is 13.2. The Morgan fingerprint density at radius 2 is 1.94 bits per heavy atom. The highest BCUT2D eigenvalue weighted by Crippen LogP contribution is 2.25. The van der Waals surface area contributed by atoms with Crippen LogP contribution in [0.4, 0.5) is 0 Å². The zero-order chi connectivity index (χ0) is 22.2. The Hall–Kier alpha value is -2.93. The smallest absolute Gasteiger partial charge is 0.243 e. The fraction of sp³-hybridized carbons (Fsp3) is 0.458. The molecule has 166 valence electrons. The third-order valence-electron chi connectivity index (χ3n) is 5.28. The van der Waals surface area contributed by atoms with E-state index in [-0.39, 0.29) is 24.3 Å². The van der Waals surface area contributed by atoms with Crippen molar-refractivity contribution in [3.8, 4) is 5.88 Å². The second-order valence-electron chi connectivity index (χ2n) is 8.13. The number of nitrogens with zero attached hydrogens (tertiary/aromatic N) is 2. The Morgan fingerprint density at radius 1 is 1.16 bits per heavy atom. The zero-order valence-electron chi connectivity index (χ0n) is 18.5. The van der Waals surface area contributed by atoms with Crippen molar-refractivity contribution in [2.45, 2.75) is 45.8 Å². The molecular weight excluding hydrogens is 394 g/mol. The van der Waals surface area contributed by atoms with Gasteiger partial charge in [-0.05, 0) is 23.1 Å². The summed E-state index contributed by atoms with van der Waals surface area (Å²) >= 11 is 0. The van der Waals surface area contributed by atoms with Gasteiger partial charge in [0, 0.05) is 44.8 Å². The molecule has 7 heteroatoms. The van der Waals surface area contributed by atoms with Crippen LogP contribution in [0.15, 0.2) is 42.6 Å². The number of nitrogens with one attached hydrogen (secondary N) is 1. The first-order valence-corrected chi connectivity index (χ1v) is 10.7. The minimum absolute atomic E-state index is 0.00891. The molecule has 3 rings (SSSR count). The molecule has 7 nitrogen and oxygen atoms in total. The molecule has 1 atom stereocenters. The van der Waals surface area contributed by atoms with Gasteiger partial charge in [0.15, 0.2) is 0 Å². The quantitative estimate of drug-likeness (QED) is 0.625. The number of hydrogen-bond donors (Lipinski definition) is 1. The standard InChI is InChI=1S/C24H31N3O4/c1-17(2)13-22(28)27-16-20-8-5-4-7-18(20)14-21(27)23(29)26-15-19-9-6-10-25-24(19)31-12-11-30-3/h4-10,17,21H,11-16H2,1-3H3,(H,26,29).